The predicted molar refractivity (Wildman–Crippen MR) is 148 cm³/mol. The summed E-state index contributed by atoms with van der Waals surface area (Å²) in [5, 5.41) is 2.79. The van der Waals surface area contributed by atoms with Crippen LogP contribution in [0.2, 0.25) is 0 Å². The number of carbonyl (C=O) groups excluding carboxylic acids is 1. The molecule has 6 rings (SSSR count). The van der Waals surface area contributed by atoms with Gasteiger partial charge in [-0.3, -0.25) is 4.90 Å². The van der Waals surface area contributed by atoms with Gasteiger partial charge in [-0.25, -0.2) is 15.0 Å². The summed E-state index contributed by atoms with van der Waals surface area (Å²) >= 11 is 1.50. The van der Waals surface area contributed by atoms with Gasteiger partial charge in [0, 0.05) is 30.9 Å². The summed E-state index contributed by atoms with van der Waals surface area (Å²) in [6, 6.07) is 10.7. The van der Waals surface area contributed by atoms with Crippen LogP contribution in [-0.4, -0.2) is 51.9 Å². The second-order valence-electron chi connectivity index (χ2n) is 9.80. The van der Waals surface area contributed by atoms with Gasteiger partial charge in [0.05, 0.1) is 33.7 Å². The van der Waals surface area contributed by atoms with Crippen LogP contribution in [0, 0.1) is 5.92 Å². The second-order valence-corrected chi connectivity index (χ2v) is 10.7. The number of halogens is 3. The van der Waals surface area contributed by atoms with Crippen molar-refractivity contribution in [3.05, 3.63) is 59.9 Å². The Morgan fingerprint density at radius 1 is 1.12 bits per heavy atom. The van der Waals surface area contributed by atoms with E-state index in [-0.39, 0.29) is 18.1 Å². The minimum atomic E-state index is -4.42. The van der Waals surface area contributed by atoms with Crippen molar-refractivity contribution in [3.8, 4) is 22.9 Å². The van der Waals surface area contributed by atoms with Crippen molar-refractivity contribution in [2.75, 3.05) is 18.9 Å². The van der Waals surface area contributed by atoms with Gasteiger partial charge in [-0.15, -0.1) is 11.3 Å². The van der Waals surface area contributed by atoms with Gasteiger partial charge in [-0.2, -0.15) is 13.2 Å². The number of fused-ring (bicyclic) bond motifs is 1. The monoisotopic (exact) mass is 570 g/mol. The van der Waals surface area contributed by atoms with E-state index in [0.717, 1.165) is 53.9 Å². The average molecular weight is 571 g/mol. The van der Waals surface area contributed by atoms with Crippen molar-refractivity contribution in [2.45, 2.75) is 44.1 Å². The molecule has 4 aromatic rings. The van der Waals surface area contributed by atoms with E-state index in [1.165, 1.54) is 36.6 Å². The van der Waals surface area contributed by atoms with Gasteiger partial charge in [-0.1, -0.05) is 12.1 Å². The van der Waals surface area contributed by atoms with Gasteiger partial charge in [-0.05, 0) is 55.9 Å². The number of thiazole rings is 1. The third kappa shape index (κ3) is 6.40. The molecule has 0 radical (unpaired) electrons. The minimum Gasteiger partial charge on any atom is -0.437 e. The van der Waals surface area contributed by atoms with E-state index < -0.39 is 11.7 Å². The molecule has 1 aliphatic heterocycles. The first-order chi connectivity index (χ1) is 19.3. The van der Waals surface area contributed by atoms with E-state index in [0.29, 0.717) is 22.7 Å². The number of aromatic nitrogens is 3. The quantitative estimate of drug-likeness (QED) is 0.263. The highest BCUT2D eigenvalue weighted by Gasteiger charge is 2.35. The number of carbonyl (C=O) groups is 1. The van der Waals surface area contributed by atoms with E-state index in [1.807, 2.05) is 12.1 Å². The first-order valence-corrected chi connectivity index (χ1v) is 13.8. The molecule has 0 spiro atoms. The number of hydrogen-bond acceptors (Lipinski definition) is 9. The number of alkyl halides is 3. The number of para-hydroxylation sites is 1. The molecule has 0 amide bonds. The maximum absolute atomic E-state index is 13.0. The number of likely N-dealkylation sites (tertiary alicyclic amines) is 1. The number of benzene rings is 2. The van der Waals surface area contributed by atoms with Crippen LogP contribution in [0.15, 0.2) is 54.3 Å². The van der Waals surface area contributed by atoms with Crippen LogP contribution < -0.4 is 15.8 Å². The Labute approximate surface area is 233 Å². The van der Waals surface area contributed by atoms with Crippen molar-refractivity contribution in [1.29, 1.82) is 0 Å². The van der Waals surface area contributed by atoms with Crippen LogP contribution in [0.1, 0.15) is 31.2 Å². The van der Waals surface area contributed by atoms with Crippen LogP contribution in [0.3, 0.4) is 0 Å². The van der Waals surface area contributed by atoms with Crippen LogP contribution in [-0.2, 0) is 11.0 Å². The Balaban J connectivity index is 0.000000223. The van der Waals surface area contributed by atoms with Crippen LogP contribution in [0.5, 0.6) is 11.6 Å². The molecule has 2 unspecified atom stereocenters. The number of rotatable bonds is 7. The summed E-state index contributed by atoms with van der Waals surface area (Å²) in [6.07, 6.45) is 2.67. The Hall–Kier alpha value is -3.61. The summed E-state index contributed by atoms with van der Waals surface area (Å²) in [7, 11) is 1.56. The van der Waals surface area contributed by atoms with E-state index >= 15 is 0 Å². The zero-order valence-electron chi connectivity index (χ0n) is 21.8. The van der Waals surface area contributed by atoms with Crippen molar-refractivity contribution < 1.29 is 22.7 Å². The lowest BCUT2D eigenvalue weighted by Crippen LogP contribution is -2.43. The van der Waals surface area contributed by atoms with E-state index in [9.17, 15) is 18.0 Å². The van der Waals surface area contributed by atoms with Gasteiger partial charge < -0.3 is 20.6 Å². The van der Waals surface area contributed by atoms with Crippen molar-refractivity contribution >= 4 is 33.5 Å². The Kier molecular flexibility index (Phi) is 8.29. The largest absolute Gasteiger partial charge is 0.437 e. The second kappa shape index (κ2) is 11.9. The lowest BCUT2D eigenvalue weighted by Gasteiger charge is -2.24. The Morgan fingerprint density at radius 3 is 2.67 bits per heavy atom. The number of ether oxygens (including phenoxy) is 1. The number of nitrogens with zero attached hydrogens (tertiary/aromatic N) is 4. The molecular formula is C28H29F3N6O2S. The number of nitrogens with two attached hydrogens (primary N) is 1. The Bertz CT molecular complexity index is 1480. The third-order valence-corrected chi connectivity index (χ3v) is 7.80. The molecule has 210 valence electrons. The molecule has 40 heavy (non-hydrogen) atoms. The lowest BCUT2D eigenvalue weighted by atomic mass is 10.1. The minimum absolute atomic E-state index is 0.112. The van der Waals surface area contributed by atoms with E-state index in [1.54, 1.807) is 24.7 Å². The molecule has 8 nitrogen and oxygen atoms in total. The topological polar surface area (TPSA) is 106 Å². The maximum Gasteiger partial charge on any atom is 0.416 e. The summed E-state index contributed by atoms with van der Waals surface area (Å²) in [6.45, 7) is 1.05. The molecular weight excluding hydrogens is 541 g/mol. The summed E-state index contributed by atoms with van der Waals surface area (Å²) in [5.41, 5.74) is 8.85. The first kappa shape index (κ1) is 27.9. The Morgan fingerprint density at radius 2 is 1.95 bits per heavy atom. The number of hydrogen-bond donors (Lipinski definition) is 2. The predicted octanol–water partition coefficient (Wildman–Crippen LogP) is 5.95. The van der Waals surface area contributed by atoms with Crippen molar-refractivity contribution in [1.82, 2.24) is 19.9 Å². The zero-order valence-corrected chi connectivity index (χ0v) is 22.6. The molecule has 1 saturated heterocycles. The molecule has 3 heterocycles. The van der Waals surface area contributed by atoms with Gasteiger partial charge >= 0.3 is 6.18 Å². The van der Waals surface area contributed by atoms with Gasteiger partial charge in [0.1, 0.15) is 18.1 Å². The standard InChI is InChI=1S/C19H13F3N4OS.C9H16N2O/c1-23-13-7-11(19(20,21)22)5-6-12(13)14-8-17(25-9-24-14)27-15-3-2-4-16-18(15)26-10-28-16;10-9-4-3-8(6-12)11(9)5-7-1-2-7/h2-10,23H,1H3;6-9H,1-5,10H2. The molecule has 0 bridgehead atoms. The zero-order chi connectivity index (χ0) is 28.3. The highest BCUT2D eigenvalue weighted by atomic mass is 32.1. The average Bonchev–Trinajstić information content (AvgIpc) is 3.51. The summed E-state index contributed by atoms with van der Waals surface area (Å²) in [4.78, 5) is 25.4. The molecule has 3 N–H and O–H groups in total. The fourth-order valence-corrected chi connectivity index (χ4v) is 5.38. The molecule has 12 heteroatoms. The molecule has 2 aliphatic rings. The lowest BCUT2D eigenvalue weighted by molar-refractivity contribution is -0.137. The fraction of sp³-hybridized carbons (Fsp3) is 0.357. The van der Waals surface area contributed by atoms with Gasteiger partial charge in [0.15, 0.2) is 5.75 Å². The van der Waals surface area contributed by atoms with Crippen molar-refractivity contribution in [2.24, 2.45) is 11.7 Å². The number of nitrogens with one attached hydrogen (secondary N) is 1. The van der Waals surface area contributed by atoms with Crippen LogP contribution >= 0.6 is 11.3 Å². The fourth-order valence-electron chi connectivity index (χ4n) is 4.68. The van der Waals surface area contributed by atoms with E-state index in [2.05, 4.69) is 25.2 Å². The highest BCUT2D eigenvalue weighted by molar-refractivity contribution is 7.16. The smallest absolute Gasteiger partial charge is 0.416 e. The van der Waals surface area contributed by atoms with Gasteiger partial charge in [0.2, 0.25) is 5.88 Å². The van der Waals surface area contributed by atoms with Crippen LogP contribution in [0.25, 0.3) is 21.5 Å². The molecule has 1 saturated carbocycles. The van der Waals surface area contributed by atoms with Crippen molar-refractivity contribution in [3.63, 3.8) is 0 Å². The highest BCUT2D eigenvalue weighted by Crippen LogP contribution is 2.37. The third-order valence-electron chi connectivity index (χ3n) is 7.01. The van der Waals surface area contributed by atoms with Gasteiger partial charge in [0.25, 0.3) is 0 Å². The molecule has 2 aromatic carbocycles. The van der Waals surface area contributed by atoms with Crippen LogP contribution in [0.4, 0.5) is 18.9 Å². The number of aldehydes is 1. The maximum atomic E-state index is 13.0. The summed E-state index contributed by atoms with van der Waals surface area (Å²) in [5.74, 6) is 1.65. The molecule has 2 fully saturated rings. The molecule has 2 aromatic heterocycles. The molecule has 1 aliphatic carbocycles. The number of anilines is 1. The van der Waals surface area contributed by atoms with E-state index in [4.69, 9.17) is 10.5 Å². The SMILES string of the molecule is CNc1cc(C(F)(F)F)ccc1-c1cc(Oc2cccc3scnc23)ncn1.NC1CCC(C=O)N1CC1CC1. The first-order valence-electron chi connectivity index (χ1n) is 12.9. The molecule has 2 atom stereocenters. The summed E-state index contributed by atoms with van der Waals surface area (Å²) < 4.78 is 45.7. The normalized spacial score (nSPS) is 19.2.